The second kappa shape index (κ2) is 8.39. The summed E-state index contributed by atoms with van der Waals surface area (Å²) in [6.45, 7) is 2.02. The summed E-state index contributed by atoms with van der Waals surface area (Å²) in [7, 11) is 1.68. The zero-order valence-electron chi connectivity index (χ0n) is 12.4. The van der Waals surface area contributed by atoms with Gasteiger partial charge in [-0.15, -0.1) is 0 Å². The molecular formula is C15H27N3O2. The van der Waals surface area contributed by atoms with E-state index in [0.29, 0.717) is 25.6 Å². The van der Waals surface area contributed by atoms with Crippen molar-refractivity contribution in [3.05, 3.63) is 18.0 Å². The molecule has 1 aromatic rings. The summed E-state index contributed by atoms with van der Waals surface area (Å²) in [6.07, 6.45) is 8.75. The van der Waals surface area contributed by atoms with Crippen molar-refractivity contribution in [2.24, 2.45) is 0 Å². The summed E-state index contributed by atoms with van der Waals surface area (Å²) in [5, 5.41) is 17.8. The minimum absolute atomic E-state index is 0.387. The van der Waals surface area contributed by atoms with Crippen molar-refractivity contribution in [2.45, 2.75) is 50.7 Å². The molecular weight excluding hydrogens is 254 g/mol. The molecule has 1 saturated carbocycles. The molecule has 5 heteroatoms. The fourth-order valence-electron chi connectivity index (χ4n) is 2.79. The monoisotopic (exact) mass is 281 g/mol. The highest BCUT2D eigenvalue weighted by atomic mass is 16.5. The topological polar surface area (TPSA) is 59.3 Å². The molecule has 0 bridgehead atoms. The van der Waals surface area contributed by atoms with E-state index in [1.165, 1.54) is 32.1 Å². The standard InChI is InChI=1S/C15H27N3O2/c1-20-10-8-16-12-15(19)11-13-7-9-18(17-13)14-5-3-2-4-6-14/h7,9,14-16,19H,2-6,8,10-12H2,1H3. The first-order valence-electron chi connectivity index (χ1n) is 7.71. The number of aliphatic hydroxyl groups is 1. The smallest absolute Gasteiger partial charge is 0.0720 e. The van der Waals surface area contributed by atoms with Gasteiger partial charge in [0.1, 0.15) is 0 Å². The van der Waals surface area contributed by atoms with E-state index in [1.54, 1.807) is 7.11 Å². The molecule has 0 aromatic carbocycles. The lowest BCUT2D eigenvalue weighted by molar-refractivity contribution is 0.158. The molecule has 0 spiro atoms. The summed E-state index contributed by atoms with van der Waals surface area (Å²) in [4.78, 5) is 0. The predicted octanol–water partition coefficient (Wildman–Crippen LogP) is 1.53. The predicted molar refractivity (Wildman–Crippen MR) is 78.8 cm³/mol. The van der Waals surface area contributed by atoms with Gasteiger partial charge in [0.05, 0.1) is 24.4 Å². The van der Waals surface area contributed by atoms with Gasteiger partial charge in [-0.25, -0.2) is 0 Å². The molecule has 1 unspecified atom stereocenters. The second-order valence-corrected chi connectivity index (χ2v) is 5.63. The van der Waals surface area contributed by atoms with Crippen molar-refractivity contribution in [2.75, 3.05) is 26.8 Å². The van der Waals surface area contributed by atoms with Gasteiger partial charge in [-0.2, -0.15) is 5.10 Å². The fourth-order valence-corrected chi connectivity index (χ4v) is 2.79. The van der Waals surface area contributed by atoms with Crippen molar-refractivity contribution in [1.29, 1.82) is 0 Å². The number of aromatic nitrogens is 2. The van der Waals surface area contributed by atoms with Gasteiger partial charge in [0.2, 0.25) is 0 Å². The highest BCUT2D eigenvalue weighted by Gasteiger charge is 2.16. The van der Waals surface area contributed by atoms with Crippen LogP contribution < -0.4 is 5.32 Å². The van der Waals surface area contributed by atoms with Crippen molar-refractivity contribution in [3.63, 3.8) is 0 Å². The zero-order valence-corrected chi connectivity index (χ0v) is 12.4. The zero-order chi connectivity index (χ0) is 14.2. The Hall–Kier alpha value is -0.910. The minimum Gasteiger partial charge on any atom is -0.391 e. The second-order valence-electron chi connectivity index (χ2n) is 5.63. The van der Waals surface area contributed by atoms with Crippen LogP contribution in [0.4, 0.5) is 0 Å². The first-order chi connectivity index (χ1) is 9.79. The largest absolute Gasteiger partial charge is 0.391 e. The highest BCUT2D eigenvalue weighted by molar-refractivity contribution is 5.01. The van der Waals surface area contributed by atoms with Crippen LogP contribution in [0.15, 0.2) is 12.3 Å². The molecule has 5 nitrogen and oxygen atoms in total. The van der Waals surface area contributed by atoms with E-state index in [2.05, 4.69) is 21.3 Å². The molecule has 1 fully saturated rings. The van der Waals surface area contributed by atoms with Gasteiger partial charge < -0.3 is 15.2 Å². The summed E-state index contributed by atoms with van der Waals surface area (Å²) in [6, 6.07) is 2.60. The van der Waals surface area contributed by atoms with Gasteiger partial charge >= 0.3 is 0 Å². The Morgan fingerprint density at radius 2 is 2.25 bits per heavy atom. The number of nitrogens with zero attached hydrogens (tertiary/aromatic N) is 2. The van der Waals surface area contributed by atoms with Crippen LogP contribution in [0.2, 0.25) is 0 Å². The number of ether oxygens (including phenoxy) is 1. The lowest BCUT2D eigenvalue weighted by Gasteiger charge is -2.21. The van der Waals surface area contributed by atoms with Crippen LogP contribution in [0.3, 0.4) is 0 Å². The van der Waals surface area contributed by atoms with E-state index in [1.807, 2.05) is 6.07 Å². The van der Waals surface area contributed by atoms with Gasteiger partial charge in [0.25, 0.3) is 0 Å². The Balaban J connectivity index is 1.74. The van der Waals surface area contributed by atoms with Crippen molar-refractivity contribution in [3.8, 4) is 0 Å². The molecule has 2 rings (SSSR count). The molecule has 1 aliphatic carbocycles. The molecule has 1 aliphatic rings. The average molecular weight is 281 g/mol. The van der Waals surface area contributed by atoms with E-state index in [0.717, 1.165) is 12.2 Å². The first-order valence-corrected chi connectivity index (χ1v) is 7.71. The molecule has 0 radical (unpaired) electrons. The molecule has 1 atom stereocenters. The van der Waals surface area contributed by atoms with Gasteiger partial charge in [-0.3, -0.25) is 4.68 Å². The van der Waals surface area contributed by atoms with E-state index < -0.39 is 0 Å². The Labute approximate surface area is 121 Å². The number of methoxy groups -OCH3 is 1. The summed E-state index contributed by atoms with van der Waals surface area (Å²) < 4.78 is 7.05. The minimum atomic E-state index is -0.387. The lowest BCUT2D eigenvalue weighted by atomic mass is 9.96. The van der Waals surface area contributed by atoms with Gasteiger partial charge in [0, 0.05) is 32.8 Å². The van der Waals surface area contributed by atoms with Crippen LogP contribution in [0.1, 0.15) is 43.8 Å². The Morgan fingerprint density at radius 1 is 1.45 bits per heavy atom. The van der Waals surface area contributed by atoms with Gasteiger partial charge in [0.15, 0.2) is 0 Å². The molecule has 0 aliphatic heterocycles. The Morgan fingerprint density at radius 3 is 3.00 bits per heavy atom. The maximum Gasteiger partial charge on any atom is 0.0720 e. The van der Waals surface area contributed by atoms with E-state index in [4.69, 9.17) is 4.74 Å². The number of nitrogens with one attached hydrogen (secondary N) is 1. The summed E-state index contributed by atoms with van der Waals surface area (Å²) in [5.41, 5.74) is 0.983. The maximum absolute atomic E-state index is 9.97. The average Bonchev–Trinajstić information content (AvgIpc) is 2.93. The van der Waals surface area contributed by atoms with Crippen LogP contribution >= 0.6 is 0 Å². The maximum atomic E-state index is 9.97. The molecule has 20 heavy (non-hydrogen) atoms. The first kappa shape index (κ1) is 15.5. The van der Waals surface area contributed by atoms with E-state index in [9.17, 15) is 5.11 Å². The third-order valence-electron chi connectivity index (χ3n) is 3.92. The van der Waals surface area contributed by atoms with E-state index in [-0.39, 0.29) is 6.10 Å². The van der Waals surface area contributed by atoms with Crippen LogP contribution in [-0.2, 0) is 11.2 Å². The SMILES string of the molecule is COCCNCC(O)Cc1ccn(C2CCCCC2)n1. The summed E-state index contributed by atoms with van der Waals surface area (Å²) >= 11 is 0. The molecule has 2 N–H and O–H groups in total. The molecule has 0 amide bonds. The normalized spacial score (nSPS) is 18.3. The van der Waals surface area contributed by atoms with Crippen LogP contribution in [0, 0.1) is 0 Å². The molecule has 1 aromatic heterocycles. The summed E-state index contributed by atoms with van der Waals surface area (Å²) in [5.74, 6) is 0. The Kier molecular flexibility index (Phi) is 6.50. The van der Waals surface area contributed by atoms with Crippen molar-refractivity contribution >= 4 is 0 Å². The third kappa shape index (κ3) is 4.89. The van der Waals surface area contributed by atoms with Crippen molar-refractivity contribution < 1.29 is 9.84 Å². The third-order valence-corrected chi connectivity index (χ3v) is 3.92. The van der Waals surface area contributed by atoms with Crippen LogP contribution in [0.5, 0.6) is 0 Å². The Bertz CT molecular complexity index is 375. The quantitative estimate of drug-likeness (QED) is 0.710. The lowest BCUT2D eigenvalue weighted by Crippen LogP contribution is -2.30. The molecule has 114 valence electrons. The molecule has 0 saturated heterocycles. The van der Waals surface area contributed by atoms with Gasteiger partial charge in [-0.05, 0) is 18.9 Å². The number of hydrogen-bond donors (Lipinski definition) is 2. The van der Waals surface area contributed by atoms with Gasteiger partial charge in [-0.1, -0.05) is 19.3 Å². The number of rotatable bonds is 8. The van der Waals surface area contributed by atoms with Crippen LogP contribution in [-0.4, -0.2) is 47.8 Å². The van der Waals surface area contributed by atoms with Crippen molar-refractivity contribution in [1.82, 2.24) is 15.1 Å². The number of aliphatic hydroxyl groups excluding tert-OH is 1. The molecule has 1 heterocycles. The van der Waals surface area contributed by atoms with Crippen LogP contribution in [0.25, 0.3) is 0 Å². The fraction of sp³-hybridized carbons (Fsp3) is 0.800. The highest BCUT2D eigenvalue weighted by Crippen LogP contribution is 2.27. The number of hydrogen-bond acceptors (Lipinski definition) is 4. The van der Waals surface area contributed by atoms with E-state index >= 15 is 0 Å².